The summed E-state index contributed by atoms with van der Waals surface area (Å²) in [6.07, 6.45) is 3.47. The Bertz CT molecular complexity index is 859. The Morgan fingerprint density at radius 3 is 2.54 bits per heavy atom. The molecular weight excluding hydrogens is 298 g/mol. The van der Waals surface area contributed by atoms with Crippen LogP contribution in [0, 0.1) is 5.92 Å². The molecule has 0 fully saturated rings. The number of pyridine rings is 2. The number of fused-ring (bicyclic) bond motifs is 1. The number of hydrogen-bond acceptors (Lipinski definition) is 3. The summed E-state index contributed by atoms with van der Waals surface area (Å²) < 4.78 is 0. The van der Waals surface area contributed by atoms with Crippen LogP contribution in [0.4, 0.5) is 0 Å². The fourth-order valence-electron chi connectivity index (χ4n) is 2.86. The second-order valence-electron chi connectivity index (χ2n) is 6.39. The number of benzene rings is 1. The van der Waals surface area contributed by atoms with E-state index in [2.05, 4.69) is 18.8 Å². The minimum absolute atomic E-state index is 0.0256. The molecule has 0 saturated carbocycles. The first-order chi connectivity index (χ1) is 11.6. The zero-order chi connectivity index (χ0) is 17.1. The van der Waals surface area contributed by atoms with E-state index in [0.717, 1.165) is 28.7 Å². The van der Waals surface area contributed by atoms with Crippen molar-refractivity contribution in [3.63, 3.8) is 0 Å². The second kappa shape index (κ2) is 6.79. The van der Waals surface area contributed by atoms with Crippen LogP contribution in [0.2, 0.25) is 0 Å². The molecular formula is C20H21N3O. The summed E-state index contributed by atoms with van der Waals surface area (Å²) in [6, 6.07) is 13.5. The van der Waals surface area contributed by atoms with Crippen LogP contribution in [-0.4, -0.2) is 34.4 Å². The maximum atomic E-state index is 13.0. The molecule has 0 atom stereocenters. The topological polar surface area (TPSA) is 46.1 Å². The highest BCUT2D eigenvalue weighted by atomic mass is 16.2. The third kappa shape index (κ3) is 3.27. The molecule has 0 aliphatic rings. The maximum absolute atomic E-state index is 13.0. The molecule has 122 valence electrons. The van der Waals surface area contributed by atoms with Crippen molar-refractivity contribution in [2.75, 3.05) is 13.6 Å². The Labute approximate surface area is 142 Å². The summed E-state index contributed by atoms with van der Waals surface area (Å²) in [4.78, 5) is 23.5. The van der Waals surface area contributed by atoms with Gasteiger partial charge in [-0.15, -0.1) is 0 Å². The minimum Gasteiger partial charge on any atom is -0.341 e. The summed E-state index contributed by atoms with van der Waals surface area (Å²) in [5, 5.41) is 0.885. The molecule has 1 aromatic carbocycles. The van der Waals surface area contributed by atoms with Crippen LogP contribution >= 0.6 is 0 Å². The normalized spacial score (nSPS) is 11.0. The first kappa shape index (κ1) is 16.1. The monoisotopic (exact) mass is 319 g/mol. The van der Waals surface area contributed by atoms with Crippen molar-refractivity contribution in [3.8, 4) is 11.3 Å². The van der Waals surface area contributed by atoms with Crippen LogP contribution in [-0.2, 0) is 0 Å². The zero-order valence-electron chi connectivity index (χ0n) is 14.2. The van der Waals surface area contributed by atoms with Crippen LogP contribution < -0.4 is 0 Å². The highest BCUT2D eigenvalue weighted by Crippen LogP contribution is 2.25. The number of rotatable bonds is 4. The van der Waals surface area contributed by atoms with Gasteiger partial charge in [-0.05, 0) is 30.2 Å². The molecule has 0 radical (unpaired) electrons. The van der Waals surface area contributed by atoms with Gasteiger partial charge in [-0.3, -0.25) is 9.78 Å². The molecule has 1 amide bonds. The molecule has 3 rings (SSSR count). The van der Waals surface area contributed by atoms with Gasteiger partial charge >= 0.3 is 0 Å². The molecule has 2 aromatic heterocycles. The second-order valence-corrected chi connectivity index (χ2v) is 6.39. The standard InChI is InChI=1S/C20H21N3O/c1-14(2)13-23(3)20(24)17-12-19(15-8-10-21-11-9-15)22-18-7-5-4-6-16(17)18/h4-12,14H,13H2,1-3H3. The summed E-state index contributed by atoms with van der Waals surface area (Å²) in [7, 11) is 1.85. The number of carbonyl (C=O) groups is 1. The average molecular weight is 319 g/mol. The summed E-state index contributed by atoms with van der Waals surface area (Å²) in [6.45, 7) is 4.94. The van der Waals surface area contributed by atoms with Crippen molar-refractivity contribution in [1.29, 1.82) is 0 Å². The number of carbonyl (C=O) groups excluding carboxylic acids is 1. The van der Waals surface area contributed by atoms with Gasteiger partial charge in [-0.2, -0.15) is 0 Å². The Kier molecular flexibility index (Phi) is 4.56. The first-order valence-electron chi connectivity index (χ1n) is 8.12. The third-order valence-corrected chi connectivity index (χ3v) is 3.91. The van der Waals surface area contributed by atoms with Crippen molar-refractivity contribution in [1.82, 2.24) is 14.9 Å². The van der Waals surface area contributed by atoms with E-state index in [-0.39, 0.29) is 5.91 Å². The fraction of sp³-hybridized carbons (Fsp3) is 0.250. The van der Waals surface area contributed by atoms with E-state index in [4.69, 9.17) is 4.98 Å². The van der Waals surface area contributed by atoms with Crippen LogP contribution in [0.15, 0.2) is 54.9 Å². The molecule has 24 heavy (non-hydrogen) atoms. The van der Waals surface area contributed by atoms with Crippen LogP contribution in [0.25, 0.3) is 22.2 Å². The average Bonchev–Trinajstić information content (AvgIpc) is 2.60. The highest BCUT2D eigenvalue weighted by Gasteiger charge is 2.18. The number of hydrogen-bond donors (Lipinski definition) is 0. The van der Waals surface area contributed by atoms with Gasteiger partial charge in [-0.1, -0.05) is 32.0 Å². The van der Waals surface area contributed by atoms with Gasteiger partial charge in [0, 0.05) is 36.9 Å². The third-order valence-electron chi connectivity index (χ3n) is 3.91. The van der Waals surface area contributed by atoms with Gasteiger partial charge in [0.1, 0.15) is 0 Å². The van der Waals surface area contributed by atoms with Gasteiger partial charge in [0.25, 0.3) is 5.91 Å². The van der Waals surface area contributed by atoms with Crippen molar-refractivity contribution >= 4 is 16.8 Å². The van der Waals surface area contributed by atoms with Crippen LogP contribution in [0.1, 0.15) is 24.2 Å². The molecule has 4 nitrogen and oxygen atoms in total. The Hall–Kier alpha value is -2.75. The Balaban J connectivity index is 2.13. The van der Waals surface area contributed by atoms with Gasteiger partial charge < -0.3 is 4.90 Å². The van der Waals surface area contributed by atoms with Crippen molar-refractivity contribution < 1.29 is 4.79 Å². The summed E-state index contributed by atoms with van der Waals surface area (Å²) >= 11 is 0. The van der Waals surface area contributed by atoms with E-state index in [0.29, 0.717) is 11.5 Å². The number of nitrogens with zero attached hydrogens (tertiary/aromatic N) is 3. The van der Waals surface area contributed by atoms with E-state index in [1.807, 2.05) is 49.5 Å². The lowest BCUT2D eigenvalue weighted by atomic mass is 10.0. The molecule has 0 aliphatic carbocycles. The van der Waals surface area contributed by atoms with Gasteiger partial charge in [-0.25, -0.2) is 4.98 Å². The van der Waals surface area contributed by atoms with Crippen LogP contribution in [0.3, 0.4) is 0 Å². The lowest BCUT2D eigenvalue weighted by molar-refractivity contribution is 0.0781. The smallest absolute Gasteiger partial charge is 0.254 e. The highest BCUT2D eigenvalue weighted by molar-refractivity contribution is 6.07. The lowest BCUT2D eigenvalue weighted by Gasteiger charge is -2.20. The number of amides is 1. The summed E-state index contributed by atoms with van der Waals surface area (Å²) in [5.74, 6) is 0.448. The predicted molar refractivity (Wildman–Crippen MR) is 96.8 cm³/mol. The van der Waals surface area contributed by atoms with E-state index in [9.17, 15) is 4.79 Å². The molecule has 0 unspecified atom stereocenters. The quantitative estimate of drug-likeness (QED) is 0.729. The molecule has 3 aromatic rings. The van der Waals surface area contributed by atoms with E-state index in [1.54, 1.807) is 17.3 Å². The van der Waals surface area contributed by atoms with Gasteiger partial charge in [0.05, 0.1) is 16.8 Å². The van der Waals surface area contributed by atoms with E-state index >= 15 is 0 Å². The van der Waals surface area contributed by atoms with Crippen molar-refractivity contribution in [2.24, 2.45) is 5.92 Å². The Morgan fingerprint density at radius 2 is 1.83 bits per heavy atom. The van der Waals surface area contributed by atoms with Gasteiger partial charge in [0.2, 0.25) is 0 Å². The molecule has 0 saturated heterocycles. The first-order valence-corrected chi connectivity index (χ1v) is 8.12. The molecule has 2 heterocycles. The van der Waals surface area contributed by atoms with Crippen LogP contribution in [0.5, 0.6) is 0 Å². The molecule has 0 aliphatic heterocycles. The zero-order valence-corrected chi connectivity index (χ0v) is 14.2. The molecule has 0 N–H and O–H groups in total. The maximum Gasteiger partial charge on any atom is 0.254 e. The number of aromatic nitrogens is 2. The SMILES string of the molecule is CC(C)CN(C)C(=O)c1cc(-c2ccncc2)nc2ccccc12. The van der Waals surface area contributed by atoms with Crippen molar-refractivity contribution in [2.45, 2.75) is 13.8 Å². The Morgan fingerprint density at radius 1 is 1.12 bits per heavy atom. The minimum atomic E-state index is 0.0256. The fourth-order valence-corrected chi connectivity index (χ4v) is 2.86. The predicted octanol–water partition coefficient (Wildman–Crippen LogP) is 4.02. The molecule has 0 spiro atoms. The largest absolute Gasteiger partial charge is 0.341 e. The van der Waals surface area contributed by atoms with Gasteiger partial charge in [0.15, 0.2) is 0 Å². The number of para-hydroxylation sites is 1. The van der Waals surface area contributed by atoms with Crippen molar-refractivity contribution in [3.05, 3.63) is 60.4 Å². The molecule has 0 bridgehead atoms. The van der Waals surface area contributed by atoms with E-state index < -0.39 is 0 Å². The summed E-state index contributed by atoms with van der Waals surface area (Å²) in [5.41, 5.74) is 3.26. The molecule has 4 heteroatoms. The van der Waals surface area contributed by atoms with E-state index in [1.165, 1.54) is 0 Å². The lowest BCUT2D eigenvalue weighted by Crippen LogP contribution is -2.30.